The van der Waals surface area contributed by atoms with E-state index in [1.54, 1.807) is 36.5 Å². The zero-order valence-corrected chi connectivity index (χ0v) is 17.3. The van der Waals surface area contributed by atoms with E-state index in [0.29, 0.717) is 34.5 Å². The van der Waals surface area contributed by atoms with E-state index in [4.69, 9.17) is 0 Å². The van der Waals surface area contributed by atoms with Gasteiger partial charge in [-0.3, -0.25) is 9.89 Å². The zero-order valence-electron chi connectivity index (χ0n) is 15.7. The highest BCUT2D eigenvalue weighted by molar-refractivity contribution is 9.10. The van der Waals surface area contributed by atoms with Gasteiger partial charge in [-0.05, 0) is 48.0 Å². The third kappa shape index (κ3) is 3.56. The van der Waals surface area contributed by atoms with Gasteiger partial charge in [0.15, 0.2) is 5.82 Å². The number of hydrogen-bond donors (Lipinski definition) is 2. The van der Waals surface area contributed by atoms with Crippen molar-refractivity contribution in [2.75, 3.05) is 0 Å². The Morgan fingerprint density at radius 2 is 2.10 bits per heavy atom. The Bertz CT molecular complexity index is 1310. The van der Waals surface area contributed by atoms with Gasteiger partial charge in [-0.25, -0.2) is 9.98 Å². The number of aliphatic imine (C=N–C) groups is 1. The molecular formula is C20H17BrN6O2. The first-order valence-electron chi connectivity index (χ1n) is 8.93. The number of phenols is 1. The fraction of sp³-hybridized carbons (Fsp3) is 0.150. The minimum atomic E-state index is -0.190. The summed E-state index contributed by atoms with van der Waals surface area (Å²) < 4.78 is 2.67. The van der Waals surface area contributed by atoms with Gasteiger partial charge in [0.1, 0.15) is 11.4 Å². The van der Waals surface area contributed by atoms with Crippen LogP contribution < -0.4 is 5.43 Å². The van der Waals surface area contributed by atoms with Gasteiger partial charge in [0.2, 0.25) is 5.43 Å². The monoisotopic (exact) mass is 452 g/mol. The van der Waals surface area contributed by atoms with E-state index >= 15 is 0 Å². The van der Waals surface area contributed by atoms with Crippen LogP contribution in [0, 0.1) is 6.92 Å². The number of aromatic amines is 1. The summed E-state index contributed by atoms with van der Waals surface area (Å²) in [5, 5.41) is 17.1. The number of H-pyrrole nitrogens is 1. The van der Waals surface area contributed by atoms with Crippen LogP contribution in [0.25, 0.3) is 22.4 Å². The topological polar surface area (TPSA) is 109 Å². The molecule has 0 radical (unpaired) electrons. The number of benzene rings is 1. The van der Waals surface area contributed by atoms with Crippen LogP contribution in [0.5, 0.6) is 5.75 Å². The van der Waals surface area contributed by atoms with Crippen molar-refractivity contribution in [3.8, 4) is 17.1 Å². The van der Waals surface area contributed by atoms with E-state index in [9.17, 15) is 9.90 Å². The molecule has 0 amide bonds. The Morgan fingerprint density at radius 3 is 2.86 bits per heavy atom. The van der Waals surface area contributed by atoms with Gasteiger partial charge in [0, 0.05) is 29.0 Å². The van der Waals surface area contributed by atoms with Gasteiger partial charge < -0.3 is 9.67 Å². The molecule has 0 aliphatic rings. The number of para-hydroxylation sites is 1. The molecule has 0 fully saturated rings. The lowest BCUT2D eigenvalue weighted by Crippen LogP contribution is -2.14. The molecule has 1 aromatic carbocycles. The predicted octanol–water partition coefficient (Wildman–Crippen LogP) is 3.73. The fourth-order valence-electron chi connectivity index (χ4n) is 2.94. The molecule has 0 aliphatic carbocycles. The summed E-state index contributed by atoms with van der Waals surface area (Å²) >= 11 is 3.44. The maximum absolute atomic E-state index is 13.1. The zero-order chi connectivity index (χ0) is 20.5. The molecule has 4 aromatic rings. The lowest BCUT2D eigenvalue weighted by Gasteiger charge is -2.11. The molecule has 0 aliphatic heterocycles. The van der Waals surface area contributed by atoms with Crippen molar-refractivity contribution in [2.45, 2.75) is 20.4 Å². The number of rotatable bonds is 4. The molecular weight excluding hydrogens is 436 g/mol. The van der Waals surface area contributed by atoms with Crippen LogP contribution >= 0.6 is 15.9 Å². The van der Waals surface area contributed by atoms with Crippen molar-refractivity contribution in [1.82, 2.24) is 24.7 Å². The second-order valence-electron chi connectivity index (χ2n) is 6.39. The van der Waals surface area contributed by atoms with E-state index in [-0.39, 0.29) is 17.1 Å². The van der Waals surface area contributed by atoms with Crippen LogP contribution in [0.2, 0.25) is 0 Å². The number of halogens is 1. The first-order valence-corrected chi connectivity index (χ1v) is 9.72. The molecule has 0 spiro atoms. The normalized spacial score (nSPS) is 11.6. The number of aryl methyl sites for hydroxylation is 2. The van der Waals surface area contributed by atoms with Crippen molar-refractivity contribution < 1.29 is 5.11 Å². The van der Waals surface area contributed by atoms with E-state index in [0.717, 1.165) is 10.2 Å². The molecule has 0 atom stereocenters. The summed E-state index contributed by atoms with van der Waals surface area (Å²) in [4.78, 5) is 26.1. The van der Waals surface area contributed by atoms with E-state index in [1.165, 1.54) is 6.21 Å². The standard InChI is InChI=1S/C20H17BrN6O2/c1-3-27-10-14(17(29)13-8-15(21)11(2)23-19(13)27)18-24-20(26-25-18)22-9-12-6-4-5-7-16(12)28/h4-10,28H,3H2,1-2H3,(H,24,25,26)/b22-9+. The van der Waals surface area contributed by atoms with Crippen LogP contribution in [0.15, 0.2) is 50.8 Å². The summed E-state index contributed by atoms with van der Waals surface area (Å²) in [6, 6.07) is 8.60. The molecule has 0 saturated carbocycles. The molecule has 2 N–H and O–H groups in total. The van der Waals surface area contributed by atoms with Crippen LogP contribution in [0.4, 0.5) is 5.95 Å². The Balaban J connectivity index is 1.78. The maximum atomic E-state index is 13.1. The Kier molecular flexibility index (Phi) is 4.98. The first-order chi connectivity index (χ1) is 14.0. The summed E-state index contributed by atoms with van der Waals surface area (Å²) in [5.41, 5.74) is 2.18. The largest absolute Gasteiger partial charge is 0.507 e. The third-order valence-corrected chi connectivity index (χ3v) is 5.31. The van der Waals surface area contributed by atoms with E-state index in [2.05, 4.69) is 41.1 Å². The van der Waals surface area contributed by atoms with Crippen LogP contribution in [-0.4, -0.2) is 36.1 Å². The van der Waals surface area contributed by atoms with Gasteiger partial charge in [0.05, 0.1) is 16.6 Å². The Morgan fingerprint density at radius 1 is 1.31 bits per heavy atom. The second kappa shape index (κ2) is 7.59. The number of nitrogens with one attached hydrogen (secondary N) is 1. The van der Waals surface area contributed by atoms with Gasteiger partial charge in [-0.2, -0.15) is 4.98 Å². The van der Waals surface area contributed by atoms with Crippen molar-refractivity contribution in [3.63, 3.8) is 0 Å². The van der Waals surface area contributed by atoms with Crippen molar-refractivity contribution >= 4 is 39.1 Å². The molecule has 0 bridgehead atoms. The number of nitrogens with zero attached hydrogens (tertiary/aromatic N) is 5. The number of aromatic hydroxyl groups is 1. The summed E-state index contributed by atoms with van der Waals surface area (Å²) in [6.07, 6.45) is 3.19. The SMILES string of the molecule is CCn1cc(-c2nc(/N=C/c3ccccc3O)n[nH]2)c(=O)c2cc(Br)c(C)nc21. The van der Waals surface area contributed by atoms with Gasteiger partial charge >= 0.3 is 0 Å². The maximum Gasteiger partial charge on any atom is 0.268 e. The summed E-state index contributed by atoms with van der Waals surface area (Å²) in [5.74, 6) is 0.593. The molecule has 0 saturated heterocycles. The van der Waals surface area contributed by atoms with E-state index in [1.807, 2.05) is 18.4 Å². The minimum absolute atomic E-state index is 0.112. The molecule has 146 valence electrons. The molecule has 0 unspecified atom stereocenters. The number of hydrogen-bond acceptors (Lipinski definition) is 6. The molecule has 29 heavy (non-hydrogen) atoms. The van der Waals surface area contributed by atoms with Crippen LogP contribution in [-0.2, 0) is 6.54 Å². The summed E-state index contributed by atoms with van der Waals surface area (Å²) in [7, 11) is 0. The summed E-state index contributed by atoms with van der Waals surface area (Å²) in [6.45, 7) is 4.51. The highest BCUT2D eigenvalue weighted by Gasteiger charge is 2.16. The highest BCUT2D eigenvalue weighted by Crippen LogP contribution is 2.22. The van der Waals surface area contributed by atoms with Crippen LogP contribution in [0.3, 0.4) is 0 Å². The van der Waals surface area contributed by atoms with Crippen LogP contribution in [0.1, 0.15) is 18.2 Å². The lowest BCUT2D eigenvalue weighted by molar-refractivity contribution is 0.474. The third-order valence-electron chi connectivity index (χ3n) is 4.50. The second-order valence-corrected chi connectivity index (χ2v) is 7.24. The minimum Gasteiger partial charge on any atom is -0.507 e. The molecule has 9 heteroatoms. The Hall–Kier alpha value is -3.33. The molecule has 8 nitrogen and oxygen atoms in total. The quantitative estimate of drug-likeness (QED) is 0.458. The smallest absolute Gasteiger partial charge is 0.268 e. The molecule has 3 aromatic heterocycles. The number of phenolic OH excluding ortho intramolecular Hbond substituents is 1. The van der Waals surface area contributed by atoms with Gasteiger partial charge in [0.25, 0.3) is 5.95 Å². The fourth-order valence-corrected chi connectivity index (χ4v) is 3.26. The Labute approximate surface area is 174 Å². The molecule has 4 rings (SSSR count). The van der Waals surface area contributed by atoms with Crippen molar-refractivity contribution in [3.05, 3.63) is 62.5 Å². The predicted molar refractivity (Wildman–Crippen MR) is 115 cm³/mol. The number of aromatic nitrogens is 5. The number of pyridine rings is 2. The lowest BCUT2D eigenvalue weighted by atomic mass is 10.1. The van der Waals surface area contributed by atoms with Gasteiger partial charge in [-0.15, -0.1) is 5.10 Å². The average molecular weight is 453 g/mol. The first kappa shape index (κ1) is 19.0. The van der Waals surface area contributed by atoms with E-state index < -0.39 is 0 Å². The highest BCUT2D eigenvalue weighted by atomic mass is 79.9. The molecule has 3 heterocycles. The number of fused-ring (bicyclic) bond motifs is 1. The van der Waals surface area contributed by atoms with Crippen molar-refractivity contribution in [1.29, 1.82) is 0 Å². The van der Waals surface area contributed by atoms with Crippen molar-refractivity contribution in [2.24, 2.45) is 4.99 Å². The van der Waals surface area contributed by atoms with Gasteiger partial charge in [-0.1, -0.05) is 12.1 Å². The average Bonchev–Trinajstić information content (AvgIpc) is 3.18.